The molecular formula is C17H21N3O3S3. The number of nitriles is 1. The summed E-state index contributed by atoms with van der Waals surface area (Å²) in [5, 5.41) is 12.5. The fraction of sp³-hybridized carbons (Fsp3) is 0.529. The largest absolute Gasteiger partial charge is 0.462 e. The number of amides is 1. The Morgan fingerprint density at radius 1 is 1.38 bits per heavy atom. The Kier molecular flexibility index (Phi) is 7.87. The van der Waals surface area contributed by atoms with E-state index in [9.17, 15) is 14.9 Å². The summed E-state index contributed by atoms with van der Waals surface area (Å²) < 4.78 is 5.73. The fourth-order valence-electron chi connectivity index (χ4n) is 2.59. The third kappa shape index (κ3) is 5.19. The molecule has 0 aliphatic carbocycles. The quantitative estimate of drug-likeness (QED) is 0.586. The average molecular weight is 412 g/mol. The molecule has 0 saturated carbocycles. The van der Waals surface area contributed by atoms with Crippen molar-refractivity contribution in [2.24, 2.45) is 0 Å². The number of carbonyl (C=O) groups excluding carboxylic acids is 2. The summed E-state index contributed by atoms with van der Waals surface area (Å²) in [4.78, 5) is 26.7. The van der Waals surface area contributed by atoms with Crippen LogP contribution in [0.15, 0.2) is 0 Å². The van der Waals surface area contributed by atoms with Crippen LogP contribution in [0.3, 0.4) is 0 Å². The van der Waals surface area contributed by atoms with Gasteiger partial charge in [-0.05, 0) is 38.7 Å². The van der Waals surface area contributed by atoms with E-state index in [-0.39, 0.29) is 18.3 Å². The fourth-order valence-corrected chi connectivity index (χ4v) is 4.70. The lowest BCUT2D eigenvalue weighted by Gasteiger charge is -2.28. The lowest BCUT2D eigenvalue weighted by atomic mass is 10.1. The minimum absolute atomic E-state index is 0.173. The Labute approximate surface area is 166 Å². The lowest BCUT2D eigenvalue weighted by molar-refractivity contribution is -0.113. The number of hydrogen-bond acceptors (Lipinski definition) is 7. The van der Waals surface area contributed by atoms with Crippen LogP contribution >= 0.6 is 35.3 Å². The van der Waals surface area contributed by atoms with Gasteiger partial charge in [0.25, 0.3) is 0 Å². The van der Waals surface area contributed by atoms with Gasteiger partial charge in [-0.15, -0.1) is 11.3 Å². The maximum atomic E-state index is 12.3. The molecule has 26 heavy (non-hydrogen) atoms. The predicted molar refractivity (Wildman–Crippen MR) is 109 cm³/mol. The zero-order valence-electron chi connectivity index (χ0n) is 14.8. The molecule has 1 fully saturated rings. The Morgan fingerprint density at radius 2 is 2.08 bits per heavy atom. The molecule has 1 aromatic rings. The van der Waals surface area contributed by atoms with Crippen molar-refractivity contribution in [3.63, 3.8) is 0 Å². The van der Waals surface area contributed by atoms with Crippen LogP contribution in [0.25, 0.3) is 0 Å². The maximum Gasteiger partial charge on any atom is 0.348 e. The number of anilines is 1. The van der Waals surface area contributed by atoms with E-state index < -0.39 is 5.97 Å². The highest BCUT2D eigenvalue weighted by atomic mass is 32.2. The molecule has 0 radical (unpaired) electrons. The van der Waals surface area contributed by atoms with E-state index in [1.807, 2.05) is 0 Å². The van der Waals surface area contributed by atoms with Crippen molar-refractivity contribution < 1.29 is 14.3 Å². The molecule has 0 aromatic carbocycles. The summed E-state index contributed by atoms with van der Waals surface area (Å²) in [7, 11) is 0. The summed E-state index contributed by atoms with van der Waals surface area (Å²) in [6.45, 7) is 5.54. The molecule has 0 bridgehead atoms. The van der Waals surface area contributed by atoms with Crippen molar-refractivity contribution >= 4 is 56.5 Å². The zero-order valence-corrected chi connectivity index (χ0v) is 17.2. The van der Waals surface area contributed by atoms with Gasteiger partial charge in [0.2, 0.25) is 5.91 Å². The number of nitrogens with zero attached hydrogens (tertiary/aromatic N) is 2. The smallest absolute Gasteiger partial charge is 0.348 e. The third-order valence-electron chi connectivity index (χ3n) is 3.91. The van der Waals surface area contributed by atoms with Crippen LogP contribution in [-0.2, 0) is 9.53 Å². The Bertz CT molecular complexity index is 734. The van der Waals surface area contributed by atoms with E-state index in [1.165, 1.54) is 18.2 Å². The first-order valence-electron chi connectivity index (χ1n) is 8.40. The van der Waals surface area contributed by atoms with Gasteiger partial charge in [0.1, 0.15) is 20.3 Å². The molecule has 1 saturated heterocycles. The monoisotopic (exact) mass is 411 g/mol. The minimum atomic E-state index is -0.479. The standard InChI is InChI=1S/C17H21N3O3S3/c1-3-23-16(22)14-11(2)12(9-18)15(26-14)19-13(21)10-25-17(24)20-7-5-4-6-8-20/h3-8,10H2,1-2H3,(H,19,21). The highest BCUT2D eigenvalue weighted by Gasteiger charge is 2.22. The molecule has 1 aliphatic heterocycles. The first-order chi connectivity index (χ1) is 12.5. The van der Waals surface area contributed by atoms with Gasteiger partial charge in [0.05, 0.1) is 17.9 Å². The lowest BCUT2D eigenvalue weighted by Crippen LogP contribution is -2.33. The molecule has 0 atom stereocenters. The van der Waals surface area contributed by atoms with Crippen molar-refractivity contribution in [3.05, 3.63) is 16.0 Å². The number of carbonyl (C=O) groups is 2. The molecule has 0 spiro atoms. The number of thiophene rings is 1. The van der Waals surface area contributed by atoms with Gasteiger partial charge in [-0.2, -0.15) is 5.26 Å². The van der Waals surface area contributed by atoms with Crippen LogP contribution in [0.2, 0.25) is 0 Å². The van der Waals surface area contributed by atoms with Crippen LogP contribution in [-0.4, -0.2) is 46.5 Å². The van der Waals surface area contributed by atoms with Gasteiger partial charge in [0.15, 0.2) is 0 Å². The zero-order chi connectivity index (χ0) is 19.1. The topological polar surface area (TPSA) is 82.4 Å². The molecule has 0 unspecified atom stereocenters. The van der Waals surface area contributed by atoms with Crippen molar-refractivity contribution in [1.29, 1.82) is 5.26 Å². The van der Waals surface area contributed by atoms with Crippen molar-refractivity contribution in [2.75, 3.05) is 30.8 Å². The summed E-state index contributed by atoms with van der Waals surface area (Å²) in [6, 6.07) is 2.05. The van der Waals surface area contributed by atoms with Crippen LogP contribution in [0.1, 0.15) is 47.0 Å². The van der Waals surface area contributed by atoms with Crippen LogP contribution < -0.4 is 5.32 Å². The summed E-state index contributed by atoms with van der Waals surface area (Å²) >= 11 is 7.78. The van der Waals surface area contributed by atoms with Crippen molar-refractivity contribution in [1.82, 2.24) is 4.90 Å². The molecular weight excluding hydrogens is 390 g/mol. The SMILES string of the molecule is CCOC(=O)c1sc(NC(=O)CSC(=S)N2CCCCC2)c(C#N)c1C. The molecule has 6 nitrogen and oxygen atoms in total. The van der Waals surface area contributed by atoms with Crippen molar-refractivity contribution in [3.8, 4) is 6.07 Å². The van der Waals surface area contributed by atoms with E-state index in [0.29, 0.717) is 21.0 Å². The summed E-state index contributed by atoms with van der Waals surface area (Å²) in [5.74, 6) is -0.554. The number of piperidine rings is 1. The third-order valence-corrected chi connectivity index (χ3v) is 6.62. The molecule has 9 heteroatoms. The second-order valence-corrected chi connectivity index (χ2v) is 8.37. The number of ether oxygens (including phenoxy) is 1. The second-order valence-electron chi connectivity index (χ2n) is 5.74. The normalized spacial score (nSPS) is 13.8. The van der Waals surface area contributed by atoms with Gasteiger partial charge in [-0.1, -0.05) is 24.0 Å². The molecule has 1 N–H and O–H groups in total. The molecule has 1 aromatic heterocycles. The van der Waals surface area contributed by atoms with Gasteiger partial charge >= 0.3 is 5.97 Å². The Balaban J connectivity index is 1.97. The van der Waals surface area contributed by atoms with Crippen LogP contribution in [0, 0.1) is 18.3 Å². The Hall–Kier alpha value is -1.63. The van der Waals surface area contributed by atoms with E-state index in [1.54, 1.807) is 13.8 Å². The average Bonchev–Trinajstić information content (AvgIpc) is 2.95. The van der Waals surface area contributed by atoms with E-state index in [4.69, 9.17) is 17.0 Å². The van der Waals surface area contributed by atoms with E-state index in [2.05, 4.69) is 16.3 Å². The van der Waals surface area contributed by atoms with E-state index in [0.717, 1.165) is 41.6 Å². The molecule has 140 valence electrons. The van der Waals surface area contributed by atoms with Gasteiger partial charge in [-0.3, -0.25) is 4.79 Å². The van der Waals surface area contributed by atoms with Crippen LogP contribution in [0.4, 0.5) is 5.00 Å². The highest BCUT2D eigenvalue weighted by molar-refractivity contribution is 8.23. The molecule has 2 heterocycles. The number of thioether (sulfide) groups is 1. The van der Waals surface area contributed by atoms with Gasteiger partial charge in [0, 0.05) is 13.1 Å². The molecule has 2 rings (SSSR count). The molecule has 1 aliphatic rings. The van der Waals surface area contributed by atoms with E-state index >= 15 is 0 Å². The number of hydrogen-bond donors (Lipinski definition) is 1. The number of likely N-dealkylation sites (tertiary alicyclic amines) is 1. The molecule has 1 amide bonds. The van der Waals surface area contributed by atoms with Crippen molar-refractivity contribution in [2.45, 2.75) is 33.1 Å². The number of rotatable bonds is 5. The highest BCUT2D eigenvalue weighted by Crippen LogP contribution is 2.33. The second kappa shape index (κ2) is 9.90. The van der Waals surface area contributed by atoms with Gasteiger partial charge < -0.3 is 15.0 Å². The predicted octanol–water partition coefficient (Wildman–Crippen LogP) is 3.55. The number of esters is 1. The minimum Gasteiger partial charge on any atom is -0.462 e. The summed E-state index contributed by atoms with van der Waals surface area (Å²) in [6.07, 6.45) is 3.48. The first-order valence-corrected chi connectivity index (χ1v) is 10.6. The number of nitrogens with one attached hydrogen (secondary N) is 1. The van der Waals surface area contributed by atoms with Crippen LogP contribution in [0.5, 0.6) is 0 Å². The Morgan fingerprint density at radius 3 is 2.69 bits per heavy atom. The maximum absolute atomic E-state index is 12.3. The summed E-state index contributed by atoms with van der Waals surface area (Å²) in [5.41, 5.74) is 0.831. The first kappa shape index (κ1) is 20.7. The number of thiocarbonyl (C=S) groups is 1. The van der Waals surface area contributed by atoms with Gasteiger partial charge in [-0.25, -0.2) is 4.79 Å².